The summed E-state index contributed by atoms with van der Waals surface area (Å²) in [6, 6.07) is 7.18. The second-order valence-electron chi connectivity index (χ2n) is 8.82. The number of methoxy groups -OCH3 is 1. The summed E-state index contributed by atoms with van der Waals surface area (Å²) < 4.78 is 55.1. The molecule has 34 heavy (non-hydrogen) atoms. The van der Waals surface area contributed by atoms with E-state index in [0.717, 1.165) is 0 Å². The normalized spacial score (nSPS) is 21.1. The summed E-state index contributed by atoms with van der Waals surface area (Å²) >= 11 is 0. The van der Waals surface area contributed by atoms with E-state index >= 15 is 0 Å². The van der Waals surface area contributed by atoms with Gasteiger partial charge in [-0.2, -0.15) is 13.2 Å². The lowest BCUT2D eigenvalue weighted by atomic mass is 9.66. The van der Waals surface area contributed by atoms with E-state index in [-0.39, 0.29) is 18.4 Å². The monoisotopic (exact) mass is 478 g/mol. The fourth-order valence-electron chi connectivity index (χ4n) is 5.07. The predicted octanol–water partition coefficient (Wildman–Crippen LogP) is 3.56. The van der Waals surface area contributed by atoms with E-state index in [1.807, 2.05) is 12.1 Å². The quantitative estimate of drug-likeness (QED) is 0.719. The van der Waals surface area contributed by atoms with Crippen LogP contribution in [0.1, 0.15) is 36.9 Å². The molecule has 1 amide bonds. The smallest absolute Gasteiger partial charge is 0.405 e. The molecule has 2 aliphatic heterocycles. The number of carbonyl (C=O) groups is 1. The van der Waals surface area contributed by atoms with Crippen molar-refractivity contribution >= 4 is 17.5 Å². The molecule has 1 aromatic carbocycles. The Balaban J connectivity index is 1.52. The number of hydrogen-bond acceptors (Lipinski definition) is 7. The van der Waals surface area contributed by atoms with E-state index in [0.29, 0.717) is 61.6 Å². The number of amides is 1. The molecule has 2 spiro atoms. The highest BCUT2D eigenvalue weighted by Crippen LogP contribution is 2.50. The Kier molecular flexibility index (Phi) is 5.64. The molecule has 1 saturated heterocycles. The Hall–Kier alpha value is -2.92. The SMILES string of the molecule is COc1ccc(N2Cc3cnc(NCC(F)(F)F)nc3C3(CCC4(CC3)OCCO4)C2=O)cc1. The maximum absolute atomic E-state index is 14.0. The average Bonchev–Trinajstić information content (AvgIpc) is 3.29. The lowest BCUT2D eigenvalue weighted by Crippen LogP contribution is -2.55. The van der Waals surface area contributed by atoms with Crippen molar-refractivity contribution < 1.29 is 32.2 Å². The van der Waals surface area contributed by atoms with E-state index < -0.39 is 23.9 Å². The molecule has 182 valence electrons. The number of rotatable bonds is 4. The van der Waals surface area contributed by atoms with Gasteiger partial charge < -0.3 is 24.4 Å². The number of ether oxygens (including phenoxy) is 3. The minimum atomic E-state index is -4.41. The van der Waals surface area contributed by atoms with Crippen molar-refractivity contribution in [1.82, 2.24) is 9.97 Å². The molecule has 8 nitrogen and oxygen atoms in total. The summed E-state index contributed by atoms with van der Waals surface area (Å²) in [5, 5.41) is 2.24. The minimum absolute atomic E-state index is 0.140. The topological polar surface area (TPSA) is 85.8 Å². The first kappa shape index (κ1) is 22.9. The van der Waals surface area contributed by atoms with Gasteiger partial charge in [0, 0.05) is 30.3 Å². The van der Waals surface area contributed by atoms with Gasteiger partial charge in [0.25, 0.3) is 0 Å². The summed E-state index contributed by atoms with van der Waals surface area (Å²) in [7, 11) is 1.57. The Morgan fingerprint density at radius 1 is 1.12 bits per heavy atom. The van der Waals surface area contributed by atoms with Gasteiger partial charge in [0.2, 0.25) is 11.9 Å². The second-order valence-corrected chi connectivity index (χ2v) is 8.82. The summed E-state index contributed by atoms with van der Waals surface area (Å²) in [6.07, 6.45) is -1.11. The lowest BCUT2D eigenvalue weighted by Gasteiger charge is -2.47. The van der Waals surface area contributed by atoms with Crippen LogP contribution in [0.5, 0.6) is 5.75 Å². The van der Waals surface area contributed by atoms with E-state index in [4.69, 9.17) is 14.2 Å². The van der Waals surface area contributed by atoms with Crippen molar-refractivity contribution in [2.24, 2.45) is 0 Å². The summed E-state index contributed by atoms with van der Waals surface area (Å²) in [5.41, 5.74) is 0.877. The second kappa shape index (κ2) is 8.38. The molecule has 2 aromatic rings. The largest absolute Gasteiger partial charge is 0.497 e. The number of hydrogen-bond donors (Lipinski definition) is 1. The maximum Gasteiger partial charge on any atom is 0.405 e. The van der Waals surface area contributed by atoms with Crippen LogP contribution < -0.4 is 15.0 Å². The third kappa shape index (κ3) is 4.07. The molecule has 3 aliphatic rings. The average molecular weight is 478 g/mol. The highest BCUT2D eigenvalue weighted by molar-refractivity contribution is 6.02. The molecule has 0 atom stereocenters. The van der Waals surface area contributed by atoms with Crippen LogP contribution in [0, 0.1) is 0 Å². The maximum atomic E-state index is 14.0. The fourth-order valence-corrected chi connectivity index (χ4v) is 5.07. The first-order valence-electron chi connectivity index (χ1n) is 11.1. The molecule has 11 heteroatoms. The number of fused-ring (bicyclic) bond motifs is 2. The van der Waals surface area contributed by atoms with E-state index in [1.54, 1.807) is 24.1 Å². The highest BCUT2D eigenvalue weighted by Gasteiger charge is 2.55. The molecule has 1 aromatic heterocycles. The Bertz CT molecular complexity index is 1060. The van der Waals surface area contributed by atoms with Gasteiger partial charge in [-0.25, -0.2) is 9.97 Å². The van der Waals surface area contributed by atoms with E-state index in [2.05, 4.69) is 15.3 Å². The lowest BCUT2D eigenvalue weighted by molar-refractivity contribution is -0.186. The van der Waals surface area contributed by atoms with Crippen LogP contribution in [0.25, 0.3) is 0 Å². The van der Waals surface area contributed by atoms with Gasteiger partial charge >= 0.3 is 6.18 Å². The molecule has 1 N–H and O–H groups in total. The van der Waals surface area contributed by atoms with Crippen molar-refractivity contribution in [3.8, 4) is 5.75 Å². The number of benzene rings is 1. The van der Waals surface area contributed by atoms with Crippen molar-refractivity contribution in [3.05, 3.63) is 41.7 Å². The Morgan fingerprint density at radius 3 is 2.41 bits per heavy atom. The molecule has 1 saturated carbocycles. The van der Waals surface area contributed by atoms with Crippen molar-refractivity contribution in [2.75, 3.05) is 37.1 Å². The van der Waals surface area contributed by atoms with Crippen LogP contribution in [0.15, 0.2) is 30.5 Å². The molecule has 2 fully saturated rings. The highest BCUT2D eigenvalue weighted by atomic mass is 19.4. The number of anilines is 2. The fraction of sp³-hybridized carbons (Fsp3) is 0.522. The summed E-state index contributed by atoms with van der Waals surface area (Å²) in [5.74, 6) is -0.325. The third-order valence-electron chi connectivity index (χ3n) is 6.81. The molecule has 0 unspecified atom stereocenters. The standard InChI is InChI=1S/C23H25F3N4O4/c1-32-17-4-2-16(3-5-17)30-13-15-12-27-20(28-14-23(24,25)26)29-18(15)21(19(30)31)6-8-22(9-7-21)33-10-11-34-22/h2-5,12H,6-11,13-14H2,1H3,(H,27,28,29). The van der Waals surface area contributed by atoms with Crippen LogP contribution in [-0.4, -0.2) is 54.7 Å². The van der Waals surface area contributed by atoms with Crippen LogP contribution in [0.2, 0.25) is 0 Å². The first-order chi connectivity index (χ1) is 16.2. The molecular formula is C23H25F3N4O4. The molecule has 0 bridgehead atoms. The summed E-state index contributed by atoms with van der Waals surface area (Å²) in [4.78, 5) is 24.2. The zero-order valence-electron chi connectivity index (χ0n) is 18.7. The van der Waals surface area contributed by atoms with Gasteiger partial charge in [0.05, 0.1) is 38.0 Å². The zero-order valence-corrected chi connectivity index (χ0v) is 18.7. The molecule has 0 radical (unpaired) electrons. The third-order valence-corrected chi connectivity index (χ3v) is 6.81. The number of nitrogens with zero attached hydrogens (tertiary/aromatic N) is 3. The van der Waals surface area contributed by atoms with Crippen LogP contribution in [0.3, 0.4) is 0 Å². The predicted molar refractivity (Wildman–Crippen MR) is 116 cm³/mol. The van der Waals surface area contributed by atoms with Gasteiger partial charge in [-0.1, -0.05) is 0 Å². The number of aromatic nitrogens is 2. The van der Waals surface area contributed by atoms with Gasteiger partial charge in [0.1, 0.15) is 12.3 Å². The number of nitrogens with one attached hydrogen (secondary N) is 1. The zero-order chi connectivity index (χ0) is 24.0. The minimum Gasteiger partial charge on any atom is -0.497 e. The molecule has 1 aliphatic carbocycles. The van der Waals surface area contributed by atoms with E-state index in [9.17, 15) is 18.0 Å². The van der Waals surface area contributed by atoms with Crippen LogP contribution >= 0.6 is 0 Å². The van der Waals surface area contributed by atoms with E-state index in [1.165, 1.54) is 6.20 Å². The van der Waals surface area contributed by atoms with Crippen molar-refractivity contribution in [1.29, 1.82) is 0 Å². The number of alkyl halides is 3. The van der Waals surface area contributed by atoms with Crippen molar-refractivity contribution in [3.63, 3.8) is 0 Å². The number of halogens is 3. The molecule has 3 heterocycles. The van der Waals surface area contributed by atoms with Crippen LogP contribution in [-0.2, 0) is 26.2 Å². The first-order valence-corrected chi connectivity index (χ1v) is 11.1. The Morgan fingerprint density at radius 2 is 1.79 bits per heavy atom. The van der Waals surface area contributed by atoms with Gasteiger partial charge in [0.15, 0.2) is 5.79 Å². The van der Waals surface area contributed by atoms with Crippen LogP contribution in [0.4, 0.5) is 24.8 Å². The van der Waals surface area contributed by atoms with Crippen molar-refractivity contribution in [2.45, 2.75) is 49.6 Å². The number of carbonyl (C=O) groups excluding carboxylic acids is 1. The molecule has 5 rings (SSSR count). The van der Waals surface area contributed by atoms with Gasteiger partial charge in [-0.05, 0) is 37.1 Å². The summed E-state index contributed by atoms with van der Waals surface area (Å²) in [6.45, 7) is -0.0260. The van der Waals surface area contributed by atoms with Gasteiger partial charge in [-0.15, -0.1) is 0 Å². The van der Waals surface area contributed by atoms with Gasteiger partial charge in [-0.3, -0.25) is 4.79 Å². The Labute approximate surface area is 194 Å². The molecular weight excluding hydrogens is 453 g/mol.